The average molecular weight is 359 g/mol. The molecule has 1 atom stereocenters. The Morgan fingerprint density at radius 1 is 1.44 bits per heavy atom. The number of furan rings is 1. The van der Waals surface area contributed by atoms with E-state index >= 15 is 0 Å². The summed E-state index contributed by atoms with van der Waals surface area (Å²) < 4.78 is 5.25. The number of benzene rings is 1. The van der Waals surface area contributed by atoms with Crippen molar-refractivity contribution in [2.45, 2.75) is 19.4 Å². The number of amides is 1. The van der Waals surface area contributed by atoms with Crippen LogP contribution < -0.4 is 10.2 Å². The van der Waals surface area contributed by atoms with Crippen LogP contribution in [-0.2, 0) is 11.3 Å². The van der Waals surface area contributed by atoms with Gasteiger partial charge in [0.25, 0.3) is 0 Å². The van der Waals surface area contributed by atoms with Crippen LogP contribution in [0.3, 0.4) is 0 Å². The van der Waals surface area contributed by atoms with E-state index in [1.54, 1.807) is 6.26 Å². The number of H-pyrrole nitrogens is 1. The number of rotatable bonds is 4. The van der Waals surface area contributed by atoms with Crippen molar-refractivity contribution >= 4 is 34.5 Å². The first kappa shape index (κ1) is 16.0. The molecule has 3 heterocycles. The molecule has 1 amide bonds. The van der Waals surface area contributed by atoms with Gasteiger partial charge in [0.05, 0.1) is 29.8 Å². The number of piperidine rings is 1. The van der Waals surface area contributed by atoms with E-state index in [0.29, 0.717) is 18.1 Å². The molecule has 1 fully saturated rings. The average Bonchev–Trinajstić information content (AvgIpc) is 3.28. The summed E-state index contributed by atoms with van der Waals surface area (Å²) in [5, 5.41) is 3.63. The Kier molecular flexibility index (Phi) is 4.36. The summed E-state index contributed by atoms with van der Waals surface area (Å²) >= 11 is 6.03. The molecule has 0 aliphatic carbocycles. The smallest absolute Gasteiger partial charge is 0.225 e. The van der Waals surface area contributed by atoms with E-state index in [-0.39, 0.29) is 11.8 Å². The number of aromatic amines is 1. The standard InChI is InChI=1S/C18H19ClN4O2/c19-13-5-6-15-16(9-13)22-18(21-15)23-7-1-3-12(11-23)17(24)20-10-14-4-2-8-25-14/h2,4-6,8-9,12H,1,3,7,10-11H2,(H,20,24)(H,21,22)/t12-/m1/s1. The summed E-state index contributed by atoms with van der Waals surface area (Å²) in [5.74, 6) is 1.55. The molecule has 1 aliphatic rings. The van der Waals surface area contributed by atoms with E-state index in [4.69, 9.17) is 16.0 Å². The Morgan fingerprint density at radius 2 is 2.36 bits per heavy atom. The van der Waals surface area contributed by atoms with Crippen molar-refractivity contribution < 1.29 is 9.21 Å². The third kappa shape index (κ3) is 3.49. The van der Waals surface area contributed by atoms with Gasteiger partial charge >= 0.3 is 0 Å². The highest BCUT2D eigenvalue weighted by Crippen LogP contribution is 2.25. The second-order valence-corrected chi connectivity index (χ2v) is 6.74. The lowest BCUT2D eigenvalue weighted by molar-refractivity contribution is -0.125. The van der Waals surface area contributed by atoms with Gasteiger partial charge < -0.3 is 19.6 Å². The Bertz CT molecular complexity index is 874. The fourth-order valence-electron chi connectivity index (χ4n) is 3.23. The predicted octanol–water partition coefficient (Wildman–Crippen LogP) is 3.34. The molecule has 0 saturated carbocycles. The van der Waals surface area contributed by atoms with E-state index < -0.39 is 0 Å². The number of nitrogens with zero attached hydrogens (tertiary/aromatic N) is 2. The van der Waals surface area contributed by atoms with Crippen molar-refractivity contribution in [3.8, 4) is 0 Å². The van der Waals surface area contributed by atoms with E-state index in [0.717, 1.165) is 42.1 Å². The molecule has 6 nitrogen and oxygen atoms in total. The highest BCUT2D eigenvalue weighted by Gasteiger charge is 2.27. The maximum Gasteiger partial charge on any atom is 0.225 e. The highest BCUT2D eigenvalue weighted by atomic mass is 35.5. The molecule has 4 rings (SSSR count). The first-order valence-electron chi connectivity index (χ1n) is 8.39. The maximum absolute atomic E-state index is 12.5. The number of carbonyl (C=O) groups excluding carboxylic acids is 1. The Hall–Kier alpha value is -2.47. The van der Waals surface area contributed by atoms with Gasteiger partial charge in [-0.15, -0.1) is 0 Å². The molecule has 0 spiro atoms. The highest BCUT2D eigenvalue weighted by molar-refractivity contribution is 6.31. The van der Waals surface area contributed by atoms with Gasteiger partial charge in [-0.2, -0.15) is 0 Å². The summed E-state index contributed by atoms with van der Waals surface area (Å²) in [4.78, 5) is 22.5. The zero-order valence-electron chi connectivity index (χ0n) is 13.7. The third-order valence-electron chi connectivity index (χ3n) is 4.54. The Morgan fingerprint density at radius 3 is 3.20 bits per heavy atom. The molecule has 2 aromatic heterocycles. The molecule has 3 aromatic rings. The molecule has 1 saturated heterocycles. The van der Waals surface area contributed by atoms with E-state index in [1.165, 1.54) is 0 Å². The largest absolute Gasteiger partial charge is 0.467 e. The van der Waals surface area contributed by atoms with Gasteiger partial charge in [0.15, 0.2) is 0 Å². The second kappa shape index (κ2) is 6.80. The van der Waals surface area contributed by atoms with Gasteiger partial charge in [0.2, 0.25) is 11.9 Å². The summed E-state index contributed by atoms with van der Waals surface area (Å²) in [7, 11) is 0. The zero-order valence-corrected chi connectivity index (χ0v) is 14.4. The van der Waals surface area contributed by atoms with Crippen LogP contribution in [0, 0.1) is 5.92 Å². The lowest BCUT2D eigenvalue weighted by Gasteiger charge is -2.31. The van der Waals surface area contributed by atoms with Crippen LogP contribution in [0.15, 0.2) is 41.0 Å². The van der Waals surface area contributed by atoms with Crippen LogP contribution >= 0.6 is 11.6 Å². The van der Waals surface area contributed by atoms with Crippen molar-refractivity contribution in [1.82, 2.24) is 15.3 Å². The number of hydrogen-bond acceptors (Lipinski definition) is 4. The molecule has 0 bridgehead atoms. The van der Waals surface area contributed by atoms with Gasteiger partial charge in [0.1, 0.15) is 5.76 Å². The van der Waals surface area contributed by atoms with Gasteiger partial charge in [-0.1, -0.05) is 11.6 Å². The van der Waals surface area contributed by atoms with Crippen molar-refractivity contribution in [2.24, 2.45) is 5.92 Å². The number of imidazole rings is 1. The number of nitrogens with one attached hydrogen (secondary N) is 2. The minimum atomic E-state index is -0.0551. The topological polar surface area (TPSA) is 74.2 Å². The minimum Gasteiger partial charge on any atom is -0.467 e. The van der Waals surface area contributed by atoms with Crippen LogP contribution in [0.1, 0.15) is 18.6 Å². The molecule has 25 heavy (non-hydrogen) atoms. The van der Waals surface area contributed by atoms with Gasteiger partial charge in [-0.3, -0.25) is 4.79 Å². The second-order valence-electron chi connectivity index (χ2n) is 6.30. The van der Waals surface area contributed by atoms with Crippen molar-refractivity contribution in [3.05, 3.63) is 47.4 Å². The molecule has 130 valence electrons. The van der Waals surface area contributed by atoms with Gasteiger partial charge in [0, 0.05) is 18.1 Å². The summed E-state index contributed by atoms with van der Waals surface area (Å²) in [6.45, 7) is 1.96. The Balaban J connectivity index is 1.43. The van der Waals surface area contributed by atoms with Gasteiger partial charge in [-0.25, -0.2) is 4.98 Å². The quantitative estimate of drug-likeness (QED) is 0.750. The maximum atomic E-state index is 12.5. The van der Waals surface area contributed by atoms with E-state index in [9.17, 15) is 4.79 Å². The third-order valence-corrected chi connectivity index (χ3v) is 4.78. The lowest BCUT2D eigenvalue weighted by Crippen LogP contribution is -2.43. The van der Waals surface area contributed by atoms with Crippen LogP contribution in [0.25, 0.3) is 11.0 Å². The monoisotopic (exact) mass is 358 g/mol. The van der Waals surface area contributed by atoms with E-state index in [2.05, 4.69) is 20.2 Å². The summed E-state index contributed by atoms with van der Waals surface area (Å²) in [5.41, 5.74) is 1.79. The number of aromatic nitrogens is 2. The Labute approximate surface area is 150 Å². The van der Waals surface area contributed by atoms with Crippen molar-refractivity contribution in [1.29, 1.82) is 0 Å². The fraction of sp³-hybridized carbons (Fsp3) is 0.333. The number of hydrogen-bond donors (Lipinski definition) is 2. The predicted molar refractivity (Wildman–Crippen MR) is 96.6 cm³/mol. The normalized spacial score (nSPS) is 17.8. The first-order valence-corrected chi connectivity index (χ1v) is 8.77. The summed E-state index contributed by atoms with van der Waals surface area (Å²) in [6.07, 6.45) is 3.45. The molecule has 1 aliphatic heterocycles. The zero-order chi connectivity index (χ0) is 17.2. The van der Waals surface area contributed by atoms with Crippen LogP contribution in [0.2, 0.25) is 5.02 Å². The van der Waals surface area contributed by atoms with Crippen LogP contribution in [-0.4, -0.2) is 29.0 Å². The number of anilines is 1. The van der Waals surface area contributed by atoms with Crippen molar-refractivity contribution in [3.63, 3.8) is 0 Å². The van der Waals surface area contributed by atoms with Crippen molar-refractivity contribution in [2.75, 3.05) is 18.0 Å². The van der Waals surface area contributed by atoms with Crippen LogP contribution in [0.5, 0.6) is 0 Å². The molecular formula is C18H19ClN4O2. The molecule has 1 aromatic carbocycles. The number of fused-ring (bicyclic) bond motifs is 1. The molecule has 0 unspecified atom stereocenters. The SMILES string of the molecule is O=C(NCc1ccco1)[C@@H]1CCCN(c2nc3ccc(Cl)cc3[nH]2)C1. The van der Waals surface area contributed by atoms with Crippen LogP contribution in [0.4, 0.5) is 5.95 Å². The first-order chi connectivity index (χ1) is 12.2. The molecular weight excluding hydrogens is 340 g/mol. The van der Waals surface area contributed by atoms with E-state index in [1.807, 2.05) is 30.3 Å². The molecule has 7 heteroatoms. The van der Waals surface area contributed by atoms with Gasteiger partial charge in [-0.05, 0) is 43.2 Å². The number of carbonyl (C=O) groups is 1. The molecule has 0 radical (unpaired) electrons. The minimum absolute atomic E-state index is 0.0551. The lowest BCUT2D eigenvalue weighted by atomic mass is 9.97. The fourth-order valence-corrected chi connectivity index (χ4v) is 3.41. The number of halogens is 1. The molecule has 2 N–H and O–H groups in total. The summed E-state index contributed by atoms with van der Waals surface area (Å²) in [6, 6.07) is 9.26.